The summed E-state index contributed by atoms with van der Waals surface area (Å²) in [4.78, 5) is 11.8. The third kappa shape index (κ3) is 2.05. The number of hydrogen-bond acceptors (Lipinski definition) is 2. The molecule has 0 radical (unpaired) electrons. The van der Waals surface area contributed by atoms with Crippen molar-refractivity contribution >= 4 is 5.78 Å². The number of allylic oxidation sites excluding steroid dienone is 3. The highest BCUT2D eigenvalue weighted by molar-refractivity contribution is 6.00. The summed E-state index contributed by atoms with van der Waals surface area (Å²) in [6.07, 6.45) is 5.10. The number of carbonyl (C=O) groups excluding carboxylic acids is 1. The second-order valence-corrected chi connectivity index (χ2v) is 3.50. The van der Waals surface area contributed by atoms with Gasteiger partial charge in [0.25, 0.3) is 0 Å². The molecule has 0 aliphatic heterocycles. The lowest BCUT2D eigenvalue weighted by atomic mass is 10.00. The first kappa shape index (κ1) is 9.87. The van der Waals surface area contributed by atoms with Gasteiger partial charge in [-0.25, -0.2) is 0 Å². The van der Waals surface area contributed by atoms with Gasteiger partial charge in [-0.1, -0.05) is 48.6 Å². The summed E-state index contributed by atoms with van der Waals surface area (Å²) in [5.74, 6) is -0.203. The Balaban J connectivity index is 2.15. The third-order valence-corrected chi connectivity index (χ3v) is 2.45. The van der Waals surface area contributed by atoms with Gasteiger partial charge < -0.3 is 5.11 Å². The summed E-state index contributed by atoms with van der Waals surface area (Å²) in [7, 11) is 0. The van der Waals surface area contributed by atoms with Crippen LogP contribution in [-0.4, -0.2) is 10.9 Å². The Hall–Kier alpha value is -1.67. The molecule has 0 saturated carbocycles. The molecule has 0 aromatic heterocycles. The number of hydrogen-bond donors (Lipinski definition) is 1. The highest BCUT2D eigenvalue weighted by Gasteiger charge is 2.20. The van der Waals surface area contributed by atoms with Gasteiger partial charge in [0, 0.05) is 5.57 Å². The van der Waals surface area contributed by atoms with Gasteiger partial charge in [-0.05, 0) is 12.0 Å². The number of aliphatic hydroxyl groups excluding tert-OH is 1. The van der Waals surface area contributed by atoms with Crippen molar-refractivity contribution in [1.82, 2.24) is 0 Å². The van der Waals surface area contributed by atoms with E-state index in [9.17, 15) is 9.90 Å². The number of rotatable bonds is 3. The fourth-order valence-electron chi connectivity index (χ4n) is 1.59. The van der Waals surface area contributed by atoms with Crippen LogP contribution in [0.5, 0.6) is 0 Å². The number of ketones is 1. The summed E-state index contributed by atoms with van der Waals surface area (Å²) in [6.45, 7) is 0. The Morgan fingerprint density at radius 2 is 2.00 bits per heavy atom. The van der Waals surface area contributed by atoms with Gasteiger partial charge in [0.1, 0.15) is 6.10 Å². The van der Waals surface area contributed by atoms with Crippen LogP contribution in [0, 0.1) is 0 Å². The van der Waals surface area contributed by atoms with E-state index in [1.54, 1.807) is 18.2 Å². The monoisotopic (exact) mass is 200 g/mol. The summed E-state index contributed by atoms with van der Waals surface area (Å²) >= 11 is 0. The van der Waals surface area contributed by atoms with Crippen molar-refractivity contribution in [3.63, 3.8) is 0 Å². The first-order chi connectivity index (χ1) is 7.29. The predicted octanol–water partition coefficient (Wildman–Crippen LogP) is 2.18. The van der Waals surface area contributed by atoms with Crippen LogP contribution < -0.4 is 0 Å². The first-order valence-electron chi connectivity index (χ1n) is 4.92. The molecule has 1 aliphatic carbocycles. The van der Waals surface area contributed by atoms with Crippen molar-refractivity contribution in [1.29, 1.82) is 0 Å². The minimum absolute atomic E-state index is 0.203. The molecular weight excluding hydrogens is 188 g/mol. The summed E-state index contributed by atoms with van der Waals surface area (Å²) in [5.41, 5.74) is 1.32. The molecule has 15 heavy (non-hydrogen) atoms. The molecular formula is C13H12O2. The number of carbonyl (C=O) groups is 1. The molecule has 1 aliphatic rings. The average Bonchev–Trinajstić information content (AvgIpc) is 2.82. The zero-order valence-electron chi connectivity index (χ0n) is 8.26. The second-order valence-electron chi connectivity index (χ2n) is 3.50. The molecule has 2 heteroatoms. The normalized spacial score (nSPS) is 16.2. The van der Waals surface area contributed by atoms with Crippen molar-refractivity contribution in [2.45, 2.75) is 12.5 Å². The summed E-state index contributed by atoms with van der Waals surface area (Å²) < 4.78 is 0. The van der Waals surface area contributed by atoms with Crippen LogP contribution in [0.4, 0.5) is 0 Å². The van der Waals surface area contributed by atoms with E-state index >= 15 is 0 Å². The fraction of sp³-hybridized carbons (Fsp3) is 0.154. The minimum Gasteiger partial charge on any atom is -0.380 e. The number of benzene rings is 1. The maximum atomic E-state index is 11.8. The smallest absolute Gasteiger partial charge is 0.192 e. The largest absolute Gasteiger partial charge is 0.380 e. The van der Waals surface area contributed by atoms with Crippen molar-refractivity contribution in [2.75, 3.05) is 0 Å². The molecule has 1 aromatic rings. The first-order valence-corrected chi connectivity index (χ1v) is 4.92. The van der Waals surface area contributed by atoms with Gasteiger partial charge in [-0.2, -0.15) is 0 Å². The molecule has 2 rings (SSSR count). The van der Waals surface area contributed by atoms with E-state index in [2.05, 4.69) is 0 Å². The van der Waals surface area contributed by atoms with E-state index in [4.69, 9.17) is 0 Å². The van der Waals surface area contributed by atoms with Crippen LogP contribution in [0.1, 0.15) is 18.1 Å². The lowest BCUT2D eigenvalue weighted by Gasteiger charge is -2.10. The highest BCUT2D eigenvalue weighted by atomic mass is 16.3. The fourth-order valence-corrected chi connectivity index (χ4v) is 1.59. The Bertz CT molecular complexity index is 415. The van der Waals surface area contributed by atoms with Crippen LogP contribution in [0.15, 0.2) is 54.1 Å². The molecule has 0 amide bonds. The van der Waals surface area contributed by atoms with Gasteiger partial charge in [-0.3, -0.25) is 4.79 Å². The minimum atomic E-state index is -1.03. The Kier molecular flexibility index (Phi) is 2.79. The molecule has 0 heterocycles. The molecule has 0 saturated heterocycles. The van der Waals surface area contributed by atoms with E-state index in [1.165, 1.54) is 0 Å². The second kappa shape index (κ2) is 4.24. The highest BCUT2D eigenvalue weighted by Crippen LogP contribution is 2.21. The molecule has 1 aromatic carbocycles. The van der Waals surface area contributed by atoms with Gasteiger partial charge >= 0.3 is 0 Å². The van der Waals surface area contributed by atoms with Crippen LogP contribution >= 0.6 is 0 Å². The summed E-state index contributed by atoms with van der Waals surface area (Å²) in [5, 5.41) is 9.83. The van der Waals surface area contributed by atoms with Crippen LogP contribution in [0.25, 0.3) is 0 Å². The van der Waals surface area contributed by atoms with Gasteiger partial charge in [0.05, 0.1) is 0 Å². The lowest BCUT2D eigenvalue weighted by molar-refractivity contribution is -0.123. The van der Waals surface area contributed by atoms with Crippen molar-refractivity contribution < 1.29 is 9.90 Å². The Morgan fingerprint density at radius 3 is 2.60 bits per heavy atom. The summed E-state index contributed by atoms with van der Waals surface area (Å²) in [6, 6.07) is 8.99. The lowest BCUT2D eigenvalue weighted by Crippen LogP contribution is -2.13. The predicted molar refractivity (Wildman–Crippen MR) is 58.2 cm³/mol. The maximum absolute atomic E-state index is 11.8. The Labute approximate surface area is 88.6 Å². The number of aliphatic hydroxyl groups is 1. The topological polar surface area (TPSA) is 37.3 Å². The maximum Gasteiger partial charge on any atom is 0.192 e. The van der Waals surface area contributed by atoms with Crippen molar-refractivity contribution in [3.05, 3.63) is 59.7 Å². The Morgan fingerprint density at radius 1 is 1.27 bits per heavy atom. The van der Waals surface area contributed by atoms with Gasteiger partial charge in [0.2, 0.25) is 0 Å². The average molecular weight is 200 g/mol. The van der Waals surface area contributed by atoms with E-state index in [0.29, 0.717) is 17.6 Å². The van der Waals surface area contributed by atoms with E-state index in [-0.39, 0.29) is 5.78 Å². The molecule has 0 bridgehead atoms. The standard InChI is InChI=1S/C13H12O2/c14-12(10-6-2-1-3-7-10)13(15)11-8-4-5-9-11/h1-8,12,14H,9H2. The van der Waals surface area contributed by atoms with E-state index in [0.717, 1.165) is 0 Å². The van der Waals surface area contributed by atoms with Crippen molar-refractivity contribution in [2.24, 2.45) is 0 Å². The molecule has 76 valence electrons. The van der Waals surface area contributed by atoms with Crippen LogP contribution in [-0.2, 0) is 4.79 Å². The van der Waals surface area contributed by atoms with E-state index in [1.807, 2.05) is 30.4 Å². The van der Waals surface area contributed by atoms with Crippen LogP contribution in [0.3, 0.4) is 0 Å². The molecule has 1 unspecified atom stereocenters. The molecule has 0 spiro atoms. The third-order valence-electron chi connectivity index (χ3n) is 2.45. The quantitative estimate of drug-likeness (QED) is 0.812. The molecule has 1 atom stereocenters. The number of Topliss-reactive ketones (excluding diaryl/α,β-unsaturated/α-hetero) is 1. The SMILES string of the molecule is O=C(C1=CC=CC1)C(O)c1ccccc1. The van der Waals surface area contributed by atoms with Crippen molar-refractivity contribution in [3.8, 4) is 0 Å². The zero-order valence-corrected chi connectivity index (χ0v) is 8.26. The molecule has 2 nitrogen and oxygen atoms in total. The molecule has 1 N–H and O–H groups in total. The van der Waals surface area contributed by atoms with E-state index < -0.39 is 6.10 Å². The zero-order chi connectivity index (χ0) is 10.7. The van der Waals surface area contributed by atoms with Crippen LogP contribution in [0.2, 0.25) is 0 Å². The van der Waals surface area contributed by atoms with Gasteiger partial charge in [-0.15, -0.1) is 0 Å². The molecule has 0 fully saturated rings. The van der Waals surface area contributed by atoms with Gasteiger partial charge in [0.15, 0.2) is 5.78 Å².